The molecule has 1 aromatic carbocycles. The Kier molecular flexibility index (Phi) is 3.30. The van der Waals surface area contributed by atoms with Gasteiger partial charge in [-0.05, 0) is 18.2 Å². The van der Waals surface area contributed by atoms with E-state index in [4.69, 9.17) is 5.11 Å². The third kappa shape index (κ3) is 3.27. The Labute approximate surface area is 98.7 Å². The smallest absolute Gasteiger partial charge is 0.335 e. The van der Waals surface area contributed by atoms with E-state index in [1.807, 2.05) is 0 Å². The summed E-state index contributed by atoms with van der Waals surface area (Å²) in [5.41, 5.74) is -0.381. The van der Waals surface area contributed by atoms with Crippen molar-refractivity contribution in [3.63, 3.8) is 0 Å². The minimum atomic E-state index is -3.67. The molecule has 1 aromatic rings. The van der Waals surface area contributed by atoms with E-state index in [2.05, 4.69) is 0 Å². The summed E-state index contributed by atoms with van der Waals surface area (Å²) < 4.78 is 45.2. The Bertz CT molecular complexity index is 619. The van der Waals surface area contributed by atoms with Crippen molar-refractivity contribution in [2.75, 3.05) is 12.5 Å². The van der Waals surface area contributed by atoms with Gasteiger partial charge >= 0.3 is 5.97 Å². The molecule has 0 atom stereocenters. The summed E-state index contributed by atoms with van der Waals surface area (Å²) in [6, 6.07) is 2.79. The highest BCUT2D eigenvalue weighted by atomic mass is 32.2. The van der Waals surface area contributed by atoms with Crippen LogP contribution in [0.1, 0.15) is 10.4 Å². The summed E-state index contributed by atoms with van der Waals surface area (Å²) in [5.74, 6) is -1.39. The second-order valence-electron chi connectivity index (χ2n) is 3.54. The molecule has 6 nitrogen and oxygen atoms in total. The maximum absolute atomic E-state index is 11.3. The van der Waals surface area contributed by atoms with Gasteiger partial charge in [-0.3, -0.25) is 0 Å². The second kappa shape index (κ2) is 4.11. The molecule has 0 radical (unpaired) electrons. The number of carboxylic acids is 1. The van der Waals surface area contributed by atoms with Gasteiger partial charge < -0.3 is 5.11 Å². The number of benzene rings is 1. The SMILES string of the molecule is CS(=O)(=O)c1cc(C(=O)O)cc(S(C)(=O)=O)c1. The van der Waals surface area contributed by atoms with Gasteiger partial charge in [-0.15, -0.1) is 0 Å². The van der Waals surface area contributed by atoms with E-state index >= 15 is 0 Å². The maximum Gasteiger partial charge on any atom is 0.335 e. The highest BCUT2D eigenvalue weighted by Gasteiger charge is 2.17. The average molecular weight is 278 g/mol. The third-order valence-electron chi connectivity index (χ3n) is 1.98. The van der Waals surface area contributed by atoms with E-state index in [0.717, 1.165) is 30.7 Å². The molecule has 0 bridgehead atoms. The molecule has 0 fully saturated rings. The van der Waals surface area contributed by atoms with Crippen LogP contribution >= 0.6 is 0 Å². The lowest BCUT2D eigenvalue weighted by atomic mass is 10.2. The quantitative estimate of drug-likeness (QED) is 0.846. The lowest BCUT2D eigenvalue weighted by molar-refractivity contribution is 0.0696. The summed E-state index contributed by atoms with van der Waals surface area (Å²) in [6.07, 6.45) is 1.75. The van der Waals surface area contributed by atoms with Gasteiger partial charge in [-0.2, -0.15) is 0 Å². The fourth-order valence-corrected chi connectivity index (χ4v) is 2.56. The zero-order valence-electron chi connectivity index (χ0n) is 9.04. The number of sulfone groups is 2. The van der Waals surface area contributed by atoms with Gasteiger partial charge in [0.1, 0.15) is 0 Å². The summed E-state index contributed by atoms with van der Waals surface area (Å²) >= 11 is 0. The Balaban J connectivity index is 3.68. The van der Waals surface area contributed by atoms with Crippen LogP contribution in [0.4, 0.5) is 0 Å². The van der Waals surface area contributed by atoms with Crippen LogP contribution in [0.15, 0.2) is 28.0 Å². The predicted molar refractivity (Wildman–Crippen MR) is 59.6 cm³/mol. The first-order chi connectivity index (χ1) is 7.51. The van der Waals surface area contributed by atoms with E-state index < -0.39 is 25.6 Å². The van der Waals surface area contributed by atoms with Crippen molar-refractivity contribution in [1.82, 2.24) is 0 Å². The monoisotopic (exact) mass is 278 g/mol. The van der Waals surface area contributed by atoms with Crippen LogP contribution in [0.3, 0.4) is 0 Å². The maximum atomic E-state index is 11.3. The van der Waals surface area contributed by atoms with Crippen LogP contribution < -0.4 is 0 Å². The number of rotatable bonds is 3. The molecule has 8 heteroatoms. The van der Waals surface area contributed by atoms with Gasteiger partial charge in [-0.1, -0.05) is 0 Å². The third-order valence-corrected chi connectivity index (χ3v) is 4.17. The molecule has 1 N–H and O–H groups in total. The Morgan fingerprint density at radius 2 is 1.29 bits per heavy atom. The zero-order valence-corrected chi connectivity index (χ0v) is 10.7. The summed E-state index contributed by atoms with van der Waals surface area (Å²) in [4.78, 5) is 10.1. The molecule has 1 rings (SSSR count). The molecular weight excluding hydrogens is 268 g/mol. The molecule has 17 heavy (non-hydrogen) atoms. The van der Waals surface area contributed by atoms with Gasteiger partial charge in [0.2, 0.25) is 0 Å². The molecular formula is C9H10O6S2. The van der Waals surface area contributed by atoms with Crippen LogP contribution in [-0.2, 0) is 19.7 Å². The van der Waals surface area contributed by atoms with Crippen LogP contribution in [-0.4, -0.2) is 40.4 Å². The summed E-state index contributed by atoms with van der Waals surface area (Å²) in [5, 5.41) is 8.78. The van der Waals surface area contributed by atoms with Crippen molar-refractivity contribution in [2.45, 2.75) is 9.79 Å². The topological polar surface area (TPSA) is 106 Å². The molecule has 0 aliphatic rings. The first-order valence-electron chi connectivity index (χ1n) is 4.30. The molecule has 94 valence electrons. The van der Waals surface area contributed by atoms with E-state index in [9.17, 15) is 21.6 Å². The van der Waals surface area contributed by atoms with Crippen molar-refractivity contribution in [2.24, 2.45) is 0 Å². The average Bonchev–Trinajstić information content (AvgIpc) is 2.14. The molecule has 0 spiro atoms. The van der Waals surface area contributed by atoms with Gasteiger partial charge in [0.15, 0.2) is 19.7 Å². The van der Waals surface area contributed by atoms with E-state index in [1.165, 1.54) is 0 Å². The molecule has 0 saturated carbocycles. The molecule has 0 heterocycles. The van der Waals surface area contributed by atoms with Crippen molar-refractivity contribution in [3.05, 3.63) is 23.8 Å². The van der Waals surface area contributed by atoms with Crippen molar-refractivity contribution >= 4 is 25.6 Å². The number of hydrogen-bond donors (Lipinski definition) is 1. The Morgan fingerprint density at radius 3 is 1.53 bits per heavy atom. The van der Waals surface area contributed by atoms with Gasteiger partial charge in [-0.25, -0.2) is 21.6 Å². The van der Waals surface area contributed by atoms with Gasteiger partial charge in [0.25, 0.3) is 0 Å². The minimum Gasteiger partial charge on any atom is -0.478 e. The van der Waals surface area contributed by atoms with Crippen LogP contribution in [0.5, 0.6) is 0 Å². The number of hydrogen-bond acceptors (Lipinski definition) is 5. The van der Waals surface area contributed by atoms with Crippen LogP contribution in [0.2, 0.25) is 0 Å². The Morgan fingerprint density at radius 1 is 0.941 bits per heavy atom. The number of carbonyl (C=O) groups is 1. The summed E-state index contributed by atoms with van der Waals surface area (Å²) in [7, 11) is -7.34. The second-order valence-corrected chi connectivity index (χ2v) is 7.57. The summed E-state index contributed by atoms with van der Waals surface area (Å²) in [6.45, 7) is 0. The molecule has 0 aromatic heterocycles. The highest BCUT2D eigenvalue weighted by Crippen LogP contribution is 2.19. The molecule has 0 saturated heterocycles. The highest BCUT2D eigenvalue weighted by molar-refractivity contribution is 7.91. The standard InChI is InChI=1S/C9H10O6S2/c1-16(12,13)7-3-6(9(10)11)4-8(5-7)17(2,14)15/h3-5H,1-2H3,(H,10,11). The molecule has 0 unspecified atom stereocenters. The predicted octanol–water partition coefficient (Wildman–Crippen LogP) is 0.192. The van der Waals surface area contributed by atoms with Gasteiger partial charge in [0, 0.05) is 12.5 Å². The number of carboxylic acid groups (broad SMARTS) is 1. The van der Waals surface area contributed by atoms with Crippen molar-refractivity contribution < 1.29 is 26.7 Å². The largest absolute Gasteiger partial charge is 0.478 e. The van der Waals surface area contributed by atoms with Gasteiger partial charge in [0.05, 0.1) is 15.4 Å². The Hall–Kier alpha value is -1.41. The minimum absolute atomic E-state index is 0.335. The van der Waals surface area contributed by atoms with Crippen LogP contribution in [0.25, 0.3) is 0 Å². The number of aromatic carboxylic acids is 1. The molecule has 0 aliphatic carbocycles. The normalized spacial score (nSPS) is 12.4. The molecule has 0 aliphatic heterocycles. The lowest BCUT2D eigenvalue weighted by Gasteiger charge is -2.04. The van der Waals surface area contributed by atoms with Crippen LogP contribution in [0, 0.1) is 0 Å². The lowest BCUT2D eigenvalue weighted by Crippen LogP contribution is -2.06. The fraction of sp³-hybridized carbons (Fsp3) is 0.222. The first kappa shape index (κ1) is 13.7. The first-order valence-corrected chi connectivity index (χ1v) is 8.08. The van der Waals surface area contributed by atoms with E-state index in [-0.39, 0.29) is 15.4 Å². The zero-order chi connectivity index (χ0) is 13.4. The molecule has 0 amide bonds. The van der Waals surface area contributed by atoms with Crippen molar-refractivity contribution in [3.8, 4) is 0 Å². The van der Waals surface area contributed by atoms with E-state index in [1.54, 1.807) is 0 Å². The van der Waals surface area contributed by atoms with Crippen molar-refractivity contribution in [1.29, 1.82) is 0 Å². The fourth-order valence-electron chi connectivity index (χ4n) is 1.12. The van der Waals surface area contributed by atoms with E-state index in [0.29, 0.717) is 0 Å².